The quantitative estimate of drug-likeness (QED) is 0.681. The number of halogens is 3. The zero-order valence-electron chi connectivity index (χ0n) is 12.3. The zero-order valence-corrected chi connectivity index (χ0v) is 13.2. The molecular weight excluding hydrogens is 335 g/mol. The fourth-order valence-electron chi connectivity index (χ4n) is 1.95. The summed E-state index contributed by atoms with van der Waals surface area (Å²) in [6, 6.07) is 10.1. The average Bonchev–Trinajstić information content (AvgIpc) is 3.04. The van der Waals surface area contributed by atoms with Gasteiger partial charge in [-0.1, -0.05) is 42.1 Å². The molecule has 0 radical (unpaired) electrons. The van der Waals surface area contributed by atoms with Crippen LogP contribution in [0.1, 0.15) is 17.0 Å². The van der Waals surface area contributed by atoms with E-state index in [1.54, 1.807) is 24.3 Å². The first-order valence-electron chi connectivity index (χ1n) is 7.03. The first-order chi connectivity index (χ1) is 11.6. The predicted octanol–water partition coefficient (Wildman–Crippen LogP) is 4.68. The van der Waals surface area contributed by atoms with E-state index in [1.807, 2.05) is 0 Å². The molecule has 0 atom stereocenters. The van der Waals surface area contributed by atoms with Crippen LogP contribution in [0.25, 0.3) is 12.2 Å². The summed E-state index contributed by atoms with van der Waals surface area (Å²) >= 11 is 1.20. The minimum atomic E-state index is -0.869. The van der Waals surface area contributed by atoms with Crippen molar-refractivity contribution in [1.29, 1.82) is 0 Å². The number of hydrogen-bond donors (Lipinski definition) is 1. The summed E-state index contributed by atoms with van der Waals surface area (Å²) < 4.78 is 39.5. The number of nitrogens with one attached hydrogen (secondary N) is 1. The van der Waals surface area contributed by atoms with Crippen LogP contribution in [0.15, 0.2) is 47.6 Å². The molecule has 3 aromatic rings. The highest BCUT2D eigenvalue weighted by molar-refractivity contribution is 7.98. The van der Waals surface area contributed by atoms with E-state index in [4.69, 9.17) is 0 Å². The fourth-order valence-corrected chi connectivity index (χ4v) is 2.73. The maximum absolute atomic E-state index is 13.6. The standard InChI is InChI=1S/C17H12F3N3S/c18-13-7-4-11(5-8-13)6-9-15-21-17(23-22-15)24-10-12-2-1-3-14(19)16(12)20/h1-9H,10H2,(H,21,22,23)/b9-6+. The molecule has 1 aromatic heterocycles. The maximum atomic E-state index is 13.6. The monoisotopic (exact) mass is 347 g/mol. The van der Waals surface area contributed by atoms with Gasteiger partial charge in [0.2, 0.25) is 5.16 Å². The Morgan fingerprint density at radius 2 is 1.79 bits per heavy atom. The van der Waals surface area contributed by atoms with E-state index >= 15 is 0 Å². The van der Waals surface area contributed by atoms with Crippen LogP contribution >= 0.6 is 11.8 Å². The van der Waals surface area contributed by atoms with E-state index in [0.29, 0.717) is 11.0 Å². The van der Waals surface area contributed by atoms with Gasteiger partial charge in [0, 0.05) is 11.3 Å². The molecule has 0 saturated carbocycles. The molecule has 0 spiro atoms. The first-order valence-corrected chi connectivity index (χ1v) is 8.02. The van der Waals surface area contributed by atoms with Gasteiger partial charge in [0.1, 0.15) is 11.6 Å². The summed E-state index contributed by atoms with van der Waals surface area (Å²) in [7, 11) is 0. The first kappa shape index (κ1) is 16.3. The molecule has 7 heteroatoms. The van der Waals surface area contributed by atoms with E-state index in [0.717, 1.165) is 11.6 Å². The molecule has 0 bridgehead atoms. The normalized spacial score (nSPS) is 11.3. The lowest BCUT2D eigenvalue weighted by Gasteiger charge is -2.01. The summed E-state index contributed by atoms with van der Waals surface area (Å²) in [6.07, 6.45) is 3.47. The highest BCUT2D eigenvalue weighted by atomic mass is 32.2. The number of rotatable bonds is 5. The zero-order chi connectivity index (χ0) is 16.9. The number of aromatic amines is 1. The molecule has 0 unspecified atom stereocenters. The number of hydrogen-bond acceptors (Lipinski definition) is 3. The Kier molecular flexibility index (Phi) is 5.00. The van der Waals surface area contributed by atoms with Crippen molar-refractivity contribution in [3.63, 3.8) is 0 Å². The van der Waals surface area contributed by atoms with Gasteiger partial charge in [-0.2, -0.15) is 0 Å². The minimum Gasteiger partial charge on any atom is -0.259 e. The lowest BCUT2D eigenvalue weighted by Crippen LogP contribution is -1.92. The maximum Gasteiger partial charge on any atom is 0.209 e. The summed E-state index contributed by atoms with van der Waals surface area (Å²) in [5, 5.41) is 7.18. The van der Waals surface area contributed by atoms with E-state index in [9.17, 15) is 13.2 Å². The van der Waals surface area contributed by atoms with Crippen molar-refractivity contribution in [1.82, 2.24) is 15.2 Å². The van der Waals surface area contributed by atoms with E-state index < -0.39 is 11.6 Å². The molecule has 0 saturated heterocycles. The van der Waals surface area contributed by atoms with E-state index in [-0.39, 0.29) is 17.1 Å². The van der Waals surface area contributed by atoms with Crippen molar-refractivity contribution in [2.24, 2.45) is 0 Å². The molecule has 0 aliphatic heterocycles. The van der Waals surface area contributed by atoms with Crippen molar-refractivity contribution < 1.29 is 13.2 Å². The van der Waals surface area contributed by atoms with Gasteiger partial charge in [-0.3, -0.25) is 5.10 Å². The van der Waals surface area contributed by atoms with Crippen LogP contribution in [0.2, 0.25) is 0 Å². The molecule has 0 aliphatic carbocycles. The summed E-state index contributed by atoms with van der Waals surface area (Å²) in [6.45, 7) is 0. The molecule has 0 amide bonds. The lowest BCUT2D eigenvalue weighted by molar-refractivity contribution is 0.502. The highest BCUT2D eigenvalue weighted by Gasteiger charge is 2.09. The Labute approximate surface area is 140 Å². The van der Waals surface area contributed by atoms with Crippen molar-refractivity contribution in [3.8, 4) is 0 Å². The van der Waals surface area contributed by atoms with Gasteiger partial charge in [-0.25, -0.2) is 18.2 Å². The molecule has 0 aliphatic rings. The summed E-state index contributed by atoms with van der Waals surface area (Å²) in [5.74, 6) is -1.28. The van der Waals surface area contributed by atoms with Gasteiger partial charge in [-0.05, 0) is 29.8 Å². The third-order valence-electron chi connectivity index (χ3n) is 3.17. The second-order valence-corrected chi connectivity index (χ2v) is 5.83. The summed E-state index contributed by atoms with van der Waals surface area (Å²) in [5.41, 5.74) is 1.08. The number of aromatic nitrogens is 3. The lowest BCUT2D eigenvalue weighted by atomic mass is 10.2. The molecule has 3 rings (SSSR count). The molecule has 24 heavy (non-hydrogen) atoms. The Balaban J connectivity index is 1.63. The summed E-state index contributed by atoms with van der Waals surface area (Å²) in [4.78, 5) is 4.23. The third-order valence-corrected chi connectivity index (χ3v) is 4.07. The van der Waals surface area contributed by atoms with Gasteiger partial charge in [0.05, 0.1) is 0 Å². The van der Waals surface area contributed by atoms with Gasteiger partial charge >= 0.3 is 0 Å². The Bertz CT molecular complexity index is 860. The van der Waals surface area contributed by atoms with Gasteiger partial charge in [-0.15, -0.1) is 5.10 Å². The SMILES string of the molecule is Fc1ccc(/C=C/c2nc(SCc3cccc(F)c3F)n[nH]2)cc1. The number of nitrogens with zero attached hydrogens (tertiary/aromatic N) is 2. The highest BCUT2D eigenvalue weighted by Crippen LogP contribution is 2.22. The molecule has 1 heterocycles. The largest absolute Gasteiger partial charge is 0.259 e. The van der Waals surface area contributed by atoms with Crippen molar-refractivity contribution in [3.05, 3.63) is 76.9 Å². The van der Waals surface area contributed by atoms with Crippen LogP contribution in [0.5, 0.6) is 0 Å². The van der Waals surface area contributed by atoms with E-state index in [1.165, 1.54) is 36.0 Å². The third kappa shape index (κ3) is 4.05. The van der Waals surface area contributed by atoms with Crippen LogP contribution in [0.4, 0.5) is 13.2 Å². The Morgan fingerprint density at radius 3 is 2.58 bits per heavy atom. The van der Waals surface area contributed by atoms with E-state index in [2.05, 4.69) is 15.2 Å². The number of thioether (sulfide) groups is 1. The van der Waals surface area contributed by atoms with Crippen LogP contribution in [0.3, 0.4) is 0 Å². The molecule has 1 N–H and O–H groups in total. The smallest absolute Gasteiger partial charge is 0.209 e. The van der Waals surface area contributed by atoms with Crippen LogP contribution in [-0.2, 0) is 5.75 Å². The van der Waals surface area contributed by atoms with Crippen LogP contribution in [0, 0.1) is 17.5 Å². The molecule has 3 nitrogen and oxygen atoms in total. The predicted molar refractivity (Wildman–Crippen MR) is 87.6 cm³/mol. The molecule has 0 fully saturated rings. The van der Waals surface area contributed by atoms with Crippen LogP contribution < -0.4 is 0 Å². The van der Waals surface area contributed by atoms with Crippen molar-refractivity contribution >= 4 is 23.9 Å². The van der Waals surface area contributed by atoms with Crippen LogP contribution in [-0.4, -0.2) is 15.2 Å². The number of benzene rings is 2. The number of H-pyrrole nitrogens is 1. The van der Waals surface area contributed by atoms with Crippen molar-refractivity contribution in [2.75, 3.05) is 0 Å². The Hall–Kier alpha value is -2.54. The topological polar surface area (TPSA) is 41.6 Å². The molecular formula is C17H12F3N3S. The molecule has 2 aromatic carbocycles. The second-order valence-electron chi connectivity index (χ2n) is 4.89. The van der Waals surface area contributed by atoms with Gasteiger partial charge in [0.25, 0.3) is 0 Å². The average molecular weight is 347 g/mol. The van der Waals surface area contributed by atoms with Gasteiger partial charge < -0.3 is 0 Å². The minimum absolute atomic E-state index is 0.225. The molecule has 122 valence electrons. The second kappa shape index (κ2) is 7.35. The Morgan fingerprint density at radius 1 is 1.00 bits per heavy atom. The van der Waals surface area contributed by atoms with Gasteiger partial charge in [0.15, 0.2) is 11.6 Å². The fraction of sp³-hybridized carbons (Fsp3) is 0.0588. The van der Waals surface area contributed by atoms with Crippen molar-refractivity contribution in [2.45, 2.75) is 10.9 Å².